The summed E-state index contributed by atoms with van der Waals surface area (Å²) < 4.78 is 15.0. The summed E-state index contributed by atoms with van der Waals surface area (Å²) in [6.07, 6.45) is 0. The first kappa shape index (κ1) is 19.2. The lowest BCUT2D eigenvalue weighted by Crippen LogP contribution is -2.43. The standard InChI is InChI=1S/C15H21N3O6/c1-22-11-4-10(5-12(6-11)23-2)7-18(9-14(20)24-3)8-13(19)17-15(16)21/h4-6H,7-9H2,1-3H3,(H3,16,17,19,21). The van der Waals surface area contributed by atoms with E-state index >= 15 is 0 Å². The average molecular weight is 339 g/mol. The number of rotatable bonds is 8. The van der Waals surface area contributed by atoms with Gasteiger partial charge in [0, 0.05) is 12.6 Å². The molecule has 0 spiro atoms. The number of imide groups is 1. The summed E-state index contributed by atoms with van der Waals surface area (Å²) in [6.45, 7) is -0.116. The number of methoxy groups -OCH3 is 3. The zero-order valence-electron chi connectivity index (χ0n) is 13.8. The molecule has 0 aromatic heterocycles. The van der Waals surface area contributed by atoms with E-state index in [9.17, 15) is 14.4 Å². The maximum absolute atomic E-state index is 11.7. The van der Waals surface area contributed by atoms with E-state index < -0.39 is 17.9 Å². The van der Waals surface area contributed by atoms with E-state index in [4.69, 9.17) is 15.2 Å². The highest BCUT2D eigenvalue weighted by Gasteiger charge is 2.17. The molecule has 24 heavy (non-hydrogen) atoms. The van der Waals surface area contributed by atoms with Crippen molar-refractivity contribution in [3.63, 3.8) is 0 Å². The molecule has 0 atom stereocenters. The Bertz CT molecular complexity index is 583. The van der Waals surface area contributed by atoms with Gasteiger partial charge in [-0.25, -0.2) is 4.79 Å². The summed E-state index contributed by atoms with van der Waals surface area (Å²) in [5.74, 6) is 0.00547. The Labute approximate surface area is 139 Å². The van der Waals surface area contributed by atoms with Crippen molar-refractivity contribution in [2.75, 3.05) is 34.4 Å². The van der Waals surface area contributed by atoms with Crippen molar-refractivity contribution in [2.45, 2.75) is 6.54 Å². The molecule has 9 nitrogen and oxygen atoms in total. The molecule has 0 radical (unpaired) electrons. The van der Waals surface area contributed by atoms with Gasteiger partial charge in [-0.3, -0.25) is 19.8 Å². The third-order valence-corrected chi connectivity index (χ3v) is 3.03. The Balaban J connectivity index is 2.92. The number of esters is 1. The molecular weight excluding hydrogens is 318 g/mol. The zero-order chi connectivity index (χ0) is 18.1. The van der Waals surface area contributed by atoms with Crippen LogP contribution in [0.1, 0.15) is 5.56 Å². The summed E-state index contributed by atoms with van der Waals surface area (Å²) in [5, 5.41) is 1.95. The molecule has 0 saturated carbocycles. The lowest BCUT2D eigenvalue weighted by molar-refractivity contribution is -0.142. The smallest absolute Gasteiger partial charge is 0.319 e. The van der Waals surface area contributed by atoms with Gasteiger partial charge >= 0.3 is 12.0 Å². The minimum atomic E-state index is -0.957. The number of carbonyl (C=O) groups excluding carboxylic acids is 3. The SMILES string of the molecule is COC(=O)CN(CC(=O)NC(N)=O)Cc1cc(OC)cc(OC)c1. The van der Waals surface area contributed by atoms with Gasteiger partial charge in [0.1, 0.15) is 11.5 Å². The highest BCUT2D eigenvalue weighted by molar-refractivity contribution is 5.94. The minimum absolute atomic E-state index is 0.137. The summed E-state index contributed by atoms with van der Waals surface area (Å²) >= 11 is 0. The molecule has 9 heteroatoms. The first-order valence-corrected chi connectivity index (χ1v) is 6.98. The third kappa shape index (κ3) is 6.53. The van der Waals surface area contributed by atoms with Crippen molar-refractivity contribution in [3.8, 4) is 11.5 Å². The molecule has 0 unspecified atom stereocenters. The van der Waals surface area contributed by atoms with Crippen molar-refractivity contribution in [1.29, 1.82) is 0 Å². The molecule has 132 valence electrons. The molecule has 0 aliphatic rings. The number of hydrogen-bond donors (Lipinski definition) is 2. The van der Waals surface area contributed by atoms with Crippen LogP contribution < -0.4 is 20.5 Å². The fourth-order valence-electron chi connectivity index (χ4n) is 2.01. The summed E-state index contributed by atoms with van der Waals surface area (Å²) in [4.78, 5) is 35.5. The van der Waals surface area contributed by atoms with E-state index in [1.807, 2.05) is 5.32 Å². The summed E-state index contributed by atoms with van der Waals surface area (Å²) in [7, 11) is 4.29. The fraction of sp³-hybridized carbons (Fsp3) is 0.400. The molecule has 0 heterocycles. The highest BCUT2D eigenvalue weighted by atomic mass is 16.5. The topological polar surface area (TPSA) is 120 Å². The Morgan fingerprint density at radius 1 is 1.04 bits per heavy atom. The number of amides is 3. The highest BCUT2D eigenvalue weighted by Crippen LogP contribution is 2.23. The number of benzene rings is 1. The molecule has 1 aromatic carbocycles. The van der Waals surface area contributed by atoms with Gasteiger partial charge in [0.05, 0.1) is 34.4 Å². The Kier molecular flexibility index (Phi) is 7.50. The summed E-state index contributed by atoms with van der Waals surface area (Å²) in [6, 6.07) is 4.24. The van der Waals surface area contributed by atoms with Crippen molar-refractivity contribution >= 4 is 17.9 Å². The number of carbonyl (C=O) groups is 3. The minimum Gasteiger partial charge on any atom is -0.497 e. The molecular formula is C15H21N3O6. The van der Waals surface area contributed by atoms with Gasteiger partial charge in [-0.15, -0.1) is 0 Å². The van der Waals surface area contributed by atoms with Gasteiger partial charge in [0.25, 0.3) is 0 Å². The number of nitrogens with zero attached hydrogens (tertiary/aromatic N) is 1. The third-order valence-electron chi connectivity index (χ3n) is 3.03. The van der Waals surface area contributed by atoms with Crippen molar-refractivity contribution < 1.29 is 28.6 Å². The van der Waals surface area contributed by atoms with E-state index in [0.717, 1.165) is 5.56 Å². The van der Waals surface area contributed by atoms with E-state index in [-0.39, 0.29) is 19.6 Å². The molecule has 0 aliphatic carbocycles. The lowest BCUT2D eigenvalue weighted by Gasteiger charge is -2.20. The van der Waals surface area contributed by atoms with Crippen LogP contribution in [0.2, 0.25) is 0 Å². The van der Waals surface area contributed by atoms with E-state index in [2.05, 4.69) is 4.74 Å². The average Bonchev–Trinajstić information content (AvgIpc) is 2.53. The van der Waals surface area contributed by atoms with Crippen LogP contribution in [0.5, 0.6) is 11.5 Å². The second-order valence-corrected chi connectivity index (χ2v) is 4.85. The predicted octanol–water partition coefficient (Wildman–Crippen LogP) is -0.126. The van der Waals surface area contributed by atoms with Crippen LogP contribution in [0.25, 0.3) is 0 Å². The monoisotopic (exact) mass is 339 g/mol. The van der Waals surface area contributed by atoms with Gasteiger partial charge in [-0.1, -0.05) is 0 Å². The van der Waals surface area contributed by atoms with Crippen molar-refractivity contribution in [3.05, 3.63) is 23.8 Å². The van der Waals surface area contributed by atoms with Crippen LogP contribution in [0.3, 0.4) is 0 Å². The lowest BCUT2D eigenvalue weighted by atomic mass is 10.2. The second kappa shape index (κ2) is 9.36. The van der Waals surface area contributed by atoms with Crippen LogP contribution in [0.15, 0.2) is 18.2 Å². The maximum Gasteiger partial charge on any atom is 0.319 e. The first-order valence-electron chi connectivity index (χ1n) is 6.98. The number of ether oxygens (including phenoxy) is 3. The predicted molar refractivity (Wildman–Crippen MR) is 84.6 cm³/mol. The first-order chi connectivity index (χ1) is 11.4. The number of hydrogen-bond acceptors (Lipinski definition) is 7. The van der Waals surface area contributed by atoms with Crippen LogP contribution in [0, 0.1) is 0 Å². The van der Waals surface area contributed by atoms with Crippen LogP contribution >= 0.6 is 0 Å². The Morgan fingerprint density at radius 2 is 1.62 bits per heavy atom. The number of nitrogens with two attached hydrogens (primary N) is 1. The van der Waals surface area contributed by atoms with Crippen molar-refractivity contribution in [1.82, 2.24) is 10.2 Å². The molecule has 3 amide bonds. The zero-order valence-corrected chi connectivity index (χ0v) is 13.8. The van der Waals surface area contributed by atoms with Crippen LogP contribution in [0.4, 0.5) is 4.79 Å². The van der Waals surface area contributed by atoms with Gasteiger partial charge < -0.3 is 19.9 Å². The maximum atomic E-state index is 11.7. The largest absolute Gasteiger partial charge is 0.497 e. The molecule has 0 bridgehead atoms. The van der Waals surface area contributed by atoms with Gasteiger partial charge in [0.15, 0.2) is 0 Å². The molecule has 0 saturated heterocycles. The van der Waals surface area contributed by atoms with E-state index in [0.29, 0.717) is 11.5 Å². The number of urea groups is 1. The van der Waals surface area contributed by atoms with Gasteiger partial charge in [-0.05, 0) is 17.7 Å². The Hall–Kier alpha value is -2.81. The van der Waals surface area contributed by atoms with Crippen molar-refractivity contribution in [2.24, 2.45) is 5.73 Å². The van der Waals surface area contributed by atoms with Gasteiger partial charge in [0.2, 0.25) is 5.91 Å². The fourth-order valence-corrected chi connectivity index (χ4v) is 2.01. The number of primary amides is 1. The van der Waals surface area contributed by atoms with Crippen LogP contribution in [-0.2, 0) is 20.9 Å². The molecule has 0 aliphatic heterocycles. The molecule has 3 N–H and O–H groups in total. The quantitative estimate of drug-likeness (QED) is 0.633. The summed E-state index contributed by atoms with van der Waals surface area (Å²) in [5.41, 5.74) is 5.66. The van der Waals surface area contributed by atoms with Crippen LogP contribution in [-0.4, -0.2) is 57.2 Å². The molecule has 1 rings (SSSR count). The number of nitrogens with one attached hydrogen (secondary N) is 1. The normalized spacial score (nSPS) is 10.2. The Morgan fingerprint density at radius 3 is 2.08 bits per heavy atom. The molecule has 0 fully saturated rings. The molecule has 1 aromatic rings. The van der Waals surface area contributed by atoms with E-state index in [1.165, 1.54) is 26.2 Å². The second-order valence-electron chi connectivity index (χ2n) is 4.85. The van der Waals surface area contributed by atoms with Gasteiger partial charge in [-0.2, -0.15) is 0 Å². The van der Waals surface area contributed by atoms with E-state index in [1.54, 1.807) is 18.2 Å².